The average molecular weight is 412 g/mol. The summed E-state index contributed by atoms with van der Waals surface area (Å²) in [6, 6.07) is 5.38. The van der Waals surface area contributed by atoms with Gasteiger partial charge in [-0.15, -0.1) is 0 Å². The standard InChI is InChI=1S/C22H24N2O6/c1-21(2,3)29-19(27)13-8-17(25)23-15-10-16-12(7-11(13)15)14(9-18(26)24-16)20(28)30-22(4,5)6/h7-10H,1-6H3,(H,23,25)(H,24,26). The van der Waals surface area contributed by atoms with Gasteiger partial charge in [-0.25, -0.2) is 9.59 Å². The molecule has 0 saturated heterocycles. The summed E-state index contributed by atoms with van der Waals surface area (Å²) in [7, 11) is 0. The van der Waals surface area contributed by atoms with Crippen LogP contribution in [0.5, 0.6) is 0 Å². The van der Waals surface area contributed by atoms with Gasteiger partial charge in [-0.2, -0.15) is 0 Å². The Labute approximate surface area is 172 Å². The average Bonchev–Trinajstić information content (AvgIpc) is 2.55. The number of hydrogen-bond acceptors (Lipinski definition) is 6. The summed E-state index contributed by atoms with van der Waals surface area (Å²) in [5, 5.41) is 0.765. The van der Waals surface area contributed by atoms with Crippen LogP contribution in [-0.4, -0.2) is 33.1 Å². The van der Waals surface area contributed by atoms with Crippen molar-refractivity contribution in [2.75, 3.05) is 0 Å². The topological polar surface area (TPSA) is 118 Å². The minimum Gasteiger partial charge on any atom is -0.456 e. The van der Waals surface area contributed by atoms with Crippen molar-refractivity contribution in [3.63, 3.8) is 0 Å². The van der Waals surface area contributed by atoms with Crippen LogP contribution >= 0.6 is 0 Å². The zero-order valence-corrected chi connectivity index (χ0v) is 17.8. The van der Waals surface area contributed by atoms with Crippen LogP contribution in [-0.2, 0) is 9.47 Å². The van der Waals surface area contributed by atoms with Gasteiger partial charge in [-0.3, -0.25) is 9.59 Å². The molecule has 0 fully saturated rings. The molecule has 0 saturated carbocycles. The highest BCUT2D eigenvalue weighted by molar-refractivity contribution is 6.11. The van der Waals surface area contributed by atoms with Crippen molar-refractivity contribution < 1.29 is 19.1 Å². The zero-order valence-electron chi connectivity index (χ0n) is 17.8. The van der Waals surface area contributed by atoms with Crippen LogP contribution in [0.3, 0.4) is 0 Å². The fourth-order valence-corrected chi connectivity index (χ4v) is 3.01. The number of ether oxygens (including phenoxy) is 2. The van der Waals surface area contributed by atoms with Crippen molar-refractivity contribution in [1.82, 2.24) is 9.97 Å². The third-order valence-corrected chi connectivity index (χ3v) is 4.04. The molecule has 0 aliphatic heterocycles. The summed E-state index contributed by atoms with van der Waals surface area (Å²) in [5.41, 5.74) is -1.72. The number of H-pyrrole nitrogens is 2. The van der Waals surface area contributed by atoms with Crippen LogP contribution in [0.2, 0.25) is 0 Å². The van der Waals surface area contributed by atoms with E-state index in [0.29, 0.717) is 21.8 Å². The summed E-state index contributed by atoms with van der Waals surface area (Å²) < 4.78 is 10.8. The Hall–Kier alpha value is -3.42. The fraction of sp³-hybridized carbons (Fsp3) is 0.364. The summed E-state index contributed by atoms with van der Waals surface area (Å²) >= 11 is 0. The van der Waals surface area contributed by atoms with Crippen LogP contribution in [0.25, 0.3) is 21.8 Å². The first-order valence-corrected chi connectivity index (χ1v) is 9.44. The SMILES string of the molecule is CC(C)(C)OC(=O)c1cc(=O)[nH]c2cc3[nH]c(=O)cc(C(=O)OC(C)(C)C)c3cc12. The molecule has 3 rings (SSSR count). The summed E-state index contributed by atoms with van der Waals surface area (Å²) in [6.45, 7) is 10.3. The molecule has 0 aliphatic rings. The van der Waals surface area contributed by atoms with Crippen LogP contribution in [0, 0.1) is 0 Å². The van der Waals surface area contributed by atoms with Crippen molar-refractivity contribution in [2.45, 2.75) is 52.7 Å². The lowest BCUT2D eigenvalue weighted by atomic mass is 10.0. The number of hydrogen-bond donors (Lipinski definition) is 2. The number of carbonyl (C=O) groups is 2. The van der Waals surface area contributed by atoms with E-state index in [1.54, 1.807) is 47.6 Å². The molecule has 158 valence electrons. The van der Waals surface area contributed by atoms with Gasteiger partial charge in [0.15, 0.2) is 0 Å². The van der Waals surface area contributed by atoms with Gasteiger partial charge in [-0.1, -0.05) is 0 Å². The molecule has 0 amide bonds. The maximum atomic E-state index is 12.7. The number of pyridine rings is 2. The third-order valence-electron chi connectivity index (χ3n) is 4.04. The second-order valence-electron chi connectivity index (χ2n) is 9.04. The molecule has 1 aromatic carbocycles. The molecule has 8 heteroatoms. The summed E-state index contributed by atoms with van der Waals surface area (Å²) in [6.07, 6.45) is 0. The van der Waals surface area contributed by atoms with E-state index in [1.807, 2.05) is 0 Å². The van der Waals surface area contributed by atoms with Gasteiger partial charge in [0.1, 0.15) is 11.2 Å². The molecule has 0 aliphatic carbocycles. The van der Waals surface area contributed by atoms with E-state index >= 15 is 0 Å². The molecule has 0 radical (unpaired) electrons. The highest BCUT2D eigenvalue weighted by atomic mass is 16.6. The second kappa shape index (κ2) is 7.12. The van der Waals surface area contributed by atoms with Crippen LogP contribution in [0.4, 0.5) is 0 Å². The fourth-order valence-electron chi connectivity index (χ4n) is 3.01. The lowest BCUT2D eigenvalue weighted by Gasteiger charge is -2.20. The van der Waals surface area contributed by atoms with Gasteiger partial charge in [-0.05, 0) is 53.7 Å². The van der Waals surface area contributed by atoms with E-state index in [0.717, 1.165) is 12.1 Å². The molecule has 2 aromatic heterocycles. The van der Waals surface area contributed by atoms with Gasteiger partial charge in [0.05, 0.1) is 22.2 Å². The molecule has 0 unspecified atom stereocenters. The first-order valence-electron chi connectivity index (χ1n) is 9.44. The largest absolute Gasteiger partial charge is 0.456 e. The maximum absolute atomic E-state index is 12.7. The number of carbonyl (C=O) groups excluding carboxylic acids is 2. The first-order chi connectivity index (χ1) is 13.7. The number of nitrogens with one attached hydrogen (secondary N) is 2. The number of fused-ring (bicyclic) bond motifs is 2. The van der Waals surface area contributed by atoms with Gasteiger partial charge in [0, 0.05) is 22.9 Å². The zero-order chi connectivity index (χ0) is 22.4. The molecule has 0 bridgehead atoms. The Kier molecular flexibility index (Phi) is 5.06. The van der Waals surface area contributed by atoms with Crippen LogP contribution < -0.4 is 11.1 Å². The van der Waals surface area contributed by atoms with Crippen molar-refractivity contribution in [3.8, 4) is 0 Å². The van der Waals surface area contributed by atoms with Crippen molar-refractivity contribution in [2.24, 2.45) is 0 Å². The Bertz CT molecular complexity index is 1190. The Balaban J connectivity index is 2.31. The van der Waals surface area contributed by atoms with Gasteiger partial charge < -0.3 is 19.4 Å². The predicted molar refractivity (Wildman–Crippen MR) is 113 cm³/mol. The molecular formula is C22H24N2O6. The molecule has 30 heavy (non-hydrogen) atoms. The predicted octanol–water partition coefficient (Wildman–Crippen LogP) is 3.28. The van der Waals surface area contributed by atoms with Crippen molar-refractivity contribution in [3.05, 3.63) is 56.1 Å². The maximum Gasteiger partial charge on any atom is 0.339 e. The highest BCUT2D eigenvalue weighted by Crippen LogP contribution is 2.26. The van der Waals surface area contributed by atoms with E-state index in [-0.39, 0.29) is 11.1 Å². The molecule has 8 nitrogen and oxygen atoms in total. The van der Waals surface area contributed by atoms with Gasteiger partial charge in [0.25, 0.3) is 0 Å². The molecule has 0 atom stereocenters. The summed E-state index contributed by atoms with van der Waals surface area (Å²) in [5.74, 6) is -1.33. The molecule has 2 N–H and O–H groups in total. The smallest absolute Gasteiger partial charge is 0.339 e. The van der Waals surface area contributed by atoms with Crippen LogP contribution in [0.1, 0.15) is 62.3 Å². The lowest BCUT2D eigenvalue weighted by Crippen LogP contribution is -2.25. The number of aromatic nitrogens is 2. The minimum absolute atomic E-state index is 0.0620. The quantitative estimate of drug-likeness (QED) is 0.493. The monoisotopic (exact) mass is 412 g/mol. The van der Waals surface area contributed by atoms with Crippen molar-refractivity contribution in [1.29, 1.82) is 0 Å². The summed E-state index contributed by atoms with van der Waals surface area (Å²) in [4.78, 5) is 54.9. The van der Waals surface area contributed by atoms with E-state index in [2.05, 4.69) is 9.97 Å². The second-order valence-corrected chi connectivity index (χ2v) is 9.04. The number of benzene rings is 1. The first kappa shape index (κ1) is 21.3. The Morgan fingerprint density at radius 2 is 1.03 bits per heavy atom. The Morgan fingerprint density at radius 1 is 0.667 bits per heavy atom. The van der Waals surface area contributed by atoms with E-state index in [9.17, 15) is 19.2 Å². The number of esters is 2. The molecule has 3 aromatic rings. The lowest BCUT2D eigenvalue weighted by molar-refractivity contribution is 0.00595. The van der Waals surface area contributed by atoms with E-state index in [1.165, 1.54) is 6.07 Å². The molecule has 0 spiro atoms. The van der Waals surface area contributed by atoms with Crippen molar-refractivity contribution >= 4 is 33.7 Å². The third kappa shape index (κ3) is 4.59. The Morgan fingerprint density at radius 3 is 1.37 bits per heavy atom. The van der Waals surface area contributed by atoms with E-state index < -0.39 is 34.3 Å². The minimum atomic E-state index is -0.754. The number of aromatic amines is 2. The van der Waals surface area contributed by atoms with Crippen LogP contribution in [0.15, 0.2) is 33.9 Å². The molecule has 2 heterocycles. The number of rotatable bonds is 2. The molecular weight excluding hydrogens is 388 g/mol. The van der Waals surface area contributed by atoms with Gasteiger partial charge in [0.2, 0.25) is 11.1 Å². The highest BCUT2D eigenvalue weighted by Gasteiger charge is 2.23. The van der Waals surface area contributed by atoms with Gasteiger partial charge >= 0.3 is 11.9 Å². The van der Waals surface area contributed by atoms with E-state index in [4.69, 9.17) is 9.47 Å². The normalized spacial score (nSPS) is 12.2.